The van der Waals surface area contributed by atoms with Gasteiger partial charge in [-0.15, -0.1) is 0 Å². The first-order valence-corrected chi connectivity index (χ1v) is 5.51. The van der Waals surface area contributed by atoms with Gasteiger partial charge in [0.15, 0.2) is 6.29 Å². The zero-order chi connectivity index (χ0) is 11.6. The van der Waals surface area contributed by atoms with Crippen molar-refractivity contribution in [3.8, 4) is 0 Å². The number of benzene rings is 1. The first-order chi connectivity index (χ1) is 7.79. The second kappa shape index (κ2) is 4.53. The smallest absolute Gasteiger partial charge is 0.166 e. The molecule has 1 aliphatic rings. The summed E-state index contributed by atoms with van der Waals surface area (Å²) in [6.45, 7) is 0.179. The average molecular weight is 222 g/mol. The van der Waals surface area contributed by atoms with Crippen LogP contribution in [0.4, 0.5) is 0 Å². The molecule has 1 aromatic carbocycles. The highest BCUT2D eigenvalue weighted by Gasteiger charge is 2.60. The normalized spacial score (nSPS) is 28.4. The van der Waals surface area contributed by atoms with Gasteiger partial charge in [0.2, 0.25) is 0 Å². The molecule has 1 aliphatic carbocycles. The molecule has 16 heavy (non-hydrogen) atoms. The standard InChI is InChI=1S/C13H18O3/c1-15-12(16-2)13(8-11(13)9-14)10-6-4-3-5-7-10/h3-7,11-12,14H,8-9H2,1-2H3/t11-,13+/m0/s1. The molecule has 0 aliphatic heterocycles. The Morgan fingerprint density at radius 1 is 1.31 bits per heavy atom. The van der Waals surface area contributed by atoms with Crippen LogP contribution in [0.15, 0.2) is 30.3 Å². The van der Waals surface area contributed by atoms with Crippen molar-refractivity contribution < 1.29 is 14.6 Å². The highest BCUT2D eigenvalue weighted by molar-refractivity contribution is 5.35. The van der Waals surface area contributed by atoms with Gasteiger partial charge in [0.05, 0.1) is 5.41 Å². The van der Waals surface area contributed by atoms with Gasteiger partial charge >= 0.3 is 0 Å². The molecule has 3 heteroatoms. The van der Waals surface area contributed by atoms with Crippen LogP contribution in [0.2, 0.25) is 0 Å². The summed E-state index contributed by atoms with van der Waals surface area (Å²) in [5.41, 5.74) is 1.02. The van der Waals surface area contributed by atoms with Gasteiger partial charge in [-0.05, 0) is 17.9 Å². The molecular formula is C13H18O3. The molecule has 0 heterocycles. The third-order valence-corrected chi connectivity index (χ3v) is 3.53. The van der Waals surface area contributed by atoms with Crippen molar-refractivity contribution >= 4 is 0 Å². The molecular weight excluding hydrogens is 204 g/mol. The van der Waals surface area contributed by atoms with E-state index >= 15 is 0 Å². The van der Waals surface area contributed by atoms with Gasteiger partial charge in [-0.3, -0.25) is 0 Å². The Morgan fingerprint density at radius 2 is 1.94 bits per heavy atom. The van der Waals surface area contributed by atoms with Crippen LogP contribution < -0.4 is 0 Å². The molecule has 1 N–H and O–H groups in total. The van der Waals surface area contributed by atoms with Crippen LogP contribution in [0.3, 0.4) is 0 Å². The number of ether oxygens (including phenoxy) is 2. The third-order valence-electron chi connectivity index (χ3n) is 3.53. The van der Waals surface area contributed by atoms with Gasteiger partial charge in [-0.25, -0.2) is 0 Å². The largest absolute Gasteiger partial charge is 0.396 e. The van der Waals surface area contributed by atoms with Gasteiger partial charge in [0.1, 0.15) is 0 Å². The summed E-state index contributed by atoms with van der Waals surface area (Å²) in [5, 5.41) is 9.33. The van der Waals surface area contributed by atoms with Gasteiger partial charge in [0, 0.05) is 20.8 Å². The van der Waals surface area contributed by atoms with Crippen LogP contribution in [-0.2, 0) is 14.9 Å². The number of methoxy groups -OCH3 is 2. The van der Waals surface area contributed by atoms with E-state index in [1.54, 1.807) is 14.2 Å². The Balaban J connectivity index is 2.31. The zero-order valence-electron chi connectivity index (χ0n) is 9.72. The van der Waals surface area contributed by atoms with Crippen molar-refractivity contribution in [3.05, 3.63) is 35.9 Å². The van der Waals surface area contributed by atoms with E-state index in [4.69, 9.17) is 9.47 Å². The van der Waals surface area contributed by atoms with E-state index in [0.29, 0.717) is 0 Å². The quantitative estimate of drug-likeness (QED) is 0.768. The van der Waals surface area contributed by atoms with Gasteiger partial charge in [0.25, 0.3) is 0 Å². The zero-order valence-corrected chi connectivity index (χ0v) is 9.72. The highest BCUT2D eigenvalue weighted by atomic mass is 16.7. The van der Waals surface area contributed by atoms with Crippen molar-refractivity contribution in [1.29, 1.82) is 0 Å². The maximum atomic E-state index is 9.33. The SMILES string of the molecule is COC(OC)[C@@]1(c2ccccc2)C[C@H]1CO. The van der Waals surface area contributed by atoms with Crippen LogP contribution >= 0.6 is 0 Å². The molecule has 1 fully saturated rings. The minimum absolute atomic E-state index is 0.167. The Morgan fingerprint density at radius 3 is 2.38 bits per heavy atom. The van der Waals surface area contributed by atoms with Crippen molar-refractivity contribution in [2.45, 2.75) is 18.1 Å². The molecule has 0 bridgehead atoms. The summed E-state index contributed by atoms with van der Waals surface area (Å²) in [6, 6.07) is 10.1. The molecule has 0 spiro atoms. The van der Waals surface area contributed by atoms with Gasteiger partial charge in [-0.1, -0.05) is 30.3 Å². The average Bonchev–Trinajstić information content (AvgIpc) is 3.08. The maximum absolute atomic E-state index is 9.33. The molecule has 0 amide bonds. The van der Waals surface area contributed by atoms with E-state index in [1.165, 1.54) is 5.56 Å². The van der Waals surface area contributed by atoms with E-state index in [0.717, 1.165) is 6.42 Å². The fourth-order valence-corrected chi connectivity index (χ4v) is 2.62. The number of aliphatic hydroxyl groups excluding tert-OH is 1. The molecule has 0 unspecified atom stereocenters. The maximum Gasteiger partial charge on any atom is 0.166 e. The number of rotatable bonds is 5. The summed E-state index contributed by atoms with van der Waals surface area (Å²) in [5.74, 6) is 0.236. The second-order valence-corrected chi connectivity index (χ2v) is 4.29. The molecule has 2 rings (SSSR count). The Kier molecular flexibility index (Phi) is 3.28. The number of hydrogen-bond donors (Lipinski definition) is 1. The number of hydrogen-bond acceptors (Lipinski definition) is 3. The summed E-state index contributed by atoms with van der Waals surface area (Å²) >= 11 is 0. The van der Waals surface area contributed by atoms with Crippen LogP contribution in [0.25, 0.3) is 0 Å². The highest BCUT2D eigenvalue weighted by Crippen LogP contribution is 2.57. The Labute approximate surface area is 96.0 Å². The summed E-state index contributed by atoms with van der Waals surface area (Å²) in [7, 11) is 3.29. The molecule has 1 saturated carbocycles. The molecule has 1 aromatic rings. The molecule has 0 saturated heterocycles. The van der Waals surface area contributed by atoms with E-state index in [1.807, 2.05) is 18.2 Å². The van der Waals surface area contributed by atoms with Crippen molar-refractivity contribution in [1.82, 2.24) is 0 Å². The van der Waals surface area contributed by atoms with Crippen molar-refractivity contribution in [2.24, 2.45) is 5.92 Å². The van der Waals surface area contributed by atoms with Crippen LogP contribution in [0.5, 0.6) is 0 Å². The summed E-state index contributed by atoms with van der Waals surface area (Å²) in [6.07, 6.45) is 0.631. The lowest BCUT2D eigenvalue weighted by Crippen LogP contribution is -2.32. The molecule has 88 valence electrons. The van der Waals surface area contributed by atoms with Crippen LogP contribution in [0.1, 0.15) is 12.0 Å². The van der Waals surface area contributed by atoms with E-state index in [9.17, 15) is 5.11 Å². The molecule has 0 aromatic heterocycles. The first kappa shape index (κ1) is 11.6. The van der Waals surface area contributed by atoms with Gasteiger partial charge in [-0.2, -0.15) is 0 Å². The van der Waals surface area contributed by atoms with E-state index < -0.39 is 0 Å². The molecule has 0 radical (unpaired) electrons. The predicted molar refractivity (Wildman–Crippen MR) is 61.1 cm³/mol. The Hall–Kier alpha value is -0.900. The van der Waals surface area contributed by atoms with Crippen LogP contribution in [-0.4, -0.2) is 32.2 Å². The minimum Gasteiger partial charge on any atom is -0.396 e. The molecule has 3 nitrogen and oxygen atoms in total. The van der Waals surface area contributed by atoms with E-state index in [2.05, 4.69) is 12.1 Å². The lowest BCUT2D eigenvalue weighted by atomic mass is 9.92. The minimum atomic E-state index is -0.285. The van der Waals surface area contributed by atoms with Crippen LogP contribution in [0, 0.1) is 5.92 Å². The fourth-order valence-electron chi connectivity index (χ4n) is 2.62. The fraction of sp³-hybridized carbons (Fsp3) is 0.538. The van der Waals surface area contributed by atoms with Crippen molar-refractivity contribution in [3.63, 3.8) is 0 Å². The lowest BCUT2D eigenvalue weighted by Gasteiger charge is -2.26. The Bertz CT molecular complexity index is 334. The topological polar surface area (TPSA) is 38.7 Å². The third kappa shape index (κ3) is 1.65. The summed E-state index contributed by atoms with van der Waals surface area (Å²) < 4.78 is 10.8. The second-order valence-electron chi connectivity index (χ2n) is 4.29. The first-order valence-electron chi connectivity index (χ1n) is 5.51. The number of aliphatic hydroxyl groups is 1. The predicted octanol–water partition coefficient (Wildman–Crippen LogP) is 1.56. The molecule has 2 atom stereocenters. The summed E-state index contributed by atoms with van der Waals surface area (Å²) in [4.78, 5) is 0. The lowest BCUT2D eigenvalue weighted by molar-refractivity contribution is -0.130. The monoisotopic (exact) mass is 222 g/mol. The van der Waals surface area contributed by atoms with E-state index in [-0.39, 0.29) is 24.2 Å². The van der Waals surface area contributed by atoms with Crippen molar-refractivity contribution in [2.75, 3.05) is 20.8 Å². The van der Waals surface area contributed by atoms with Gasteiger partial charge < -0.3 is 14.6 Å².